The first-order chi connectivity index (χ1) is 10.1. The number of amides is 1. The minimum Gasteiger partial charge on any atom is -0.477 e. The molecule has 2 heterocycles. The lowest BCUT2D eigenvalue weighted by atomic mass is 10.2. The maximum Gasteiger partial charge on any atom is 0.354 e. The number of aromatic carboxylic acids is 1. The molecule has 0 spiro atoms. The largest absolute Gasteiger partial charge is 0.477 e. The highest BCUT2D eigenvalue weighted by atomic mass is 16.5. The fourth-order valence-corrected chi connectivity index (χ4v) is 1.89. The molecule has 1 amide bonds. The number of hydrogen-bond acceptors (Lipinski definition) is 5. The van der Waals surface area contributed by atoms with E-state index in [9.17, 15) is 9.59 Å². The number of carbonyl (C=O) groups is 2. The van der Waals surface area contributed by atoms with Crippen LogP contribution in [0.1, 0.15) is 51.1 Å². The minimum atomic E-state index is -1.08. The van der Waals surface area contributed by atoms with E-state index in [1.165, 1.54) is 12.3 Å². The van der Waals surface area contributed by atoms with E-state index in [1.54, 1.807) is 12.1 Å². The molecule has 2 N–H and O–H groups in total. The SMILES string of the molecule is O=C(O)c1ccc(CNC(=O)c2cc(C3CC3)on2)cn1. The maximum absolute atomic E-state index is 11.9. The van der Waals surface area contributed by atoms with E-state index >= 15 is 0 Å². The van der Waals surface area contributed by atoms with Crippen LogP contribution < -0.4 is 5.32 Å². The highest BCUT2D eigenvalue weighted by molar-refractivity contribution is 5.92. The van der Waals surface area contributed by atoms with Crippen molar-refractivity contribution in [2.45, 2.75) is 25.3 Å². The van der Waals surface area contributed by atoms with Gasteiger partial charge in [0.2, 0.25) is 0 Å². The van der Waals surface area contributed by atoms with Crippen molar-refractivity contribution >= 4 is 11.9 Å². The third-order valence-electron chi connectivity index (χ3n) is 3.24. The molecule has 0 aromatic carbocycles. The Hall–Kier alpha value is -2.70. The number of rotatable bonds is 5. The zero-order valence-corrected chi connectivity index (χ0v) is 11.1. The van der Waals surface area contributed by atoms with Crippen LogP contribution in [0.5, 0.6) is 0 Å². The van der Waals surface area contributed by atoms with Crippen molar-refractivity contribution < 1.29 is 19.2 Å². The van der Waals surface area contributed by atoms with Crippen molar-refractivity contribution in [3.63, 3.8) is 0 Å². The molecule has 7 heteroatoms. The Morgan fingerprint density at radius 2 is 2.14 bits per heavy atom. The van der Waals surface area contributed by atoms with Gasteiger partial charge in [-0.05, 0) is 24.5 Å². The lowest BCUT2D eigenvalue weighted by molar-refractivity contribution is 0.0690. The summed E-state index contributed by atoms with van der Waals surface area (Å²) in [7, 11) is 0. The standard InChI is InChI=1S/C14H13N3O4/c18-13(11-5-12(21-17-11)9-2-3-9)16-7-8-1-4-10(14(19)20)15-6-8/h1,4-6,9H,2-3,7H2,(H,16,18)(H,19,20). The molecule has 1 fully saturated rings. The molecule has 3 rings (SSSR count). The molecule has 1 aliphatic rings. The summed E-state index contributed by atoms with van der Waals surface area (Å²) < 4.78 is 5.12. The van der Waals surface area contributed by atoms with Gasteiger partial charge in [-0.25, -0.2) is 9.78 Å². The highest BCUT2D eigenvalue weighted by Gasteiger charge is 2.28. The van der Waals surface area contributed by atoms with E-state index < -0.39 is 5.97 Å². The molecular weight excluding hydrogens is 274 g/mol. The summed E-state index contributed by atoms with van der Waals surface area (Å²) in [6, 6.07) is 4.67. The molecule has 2 aromatic rings. The summed E-state index contributed by atoms with van der Waals surface area (Å²) in [5, 5.41) is 15.2. The van der Waals surface area contributed by atoms with Gasteiger partial charge in [-0.2, -0.15) is 0 Å². The van der Waals surface area contributed by atoms with Gasteiger partial charge in [0.15, 0.2) is 5.69 Å². The van der Waals surface area contributed by atoms with Gasteiger partial charge in [-0.15, -0.1) is 0 Å². The lowest BCUT2D eigenvalue weighted by Gasteiger charge is -2.03. The zero-order valence-electron chi connectivity index (χ0n) is 11.1. The third kappa shape index (κ3) is 3.07. The minimum absolute atomic E-state index is 0.0318. The predicted molar refractivity (Wildman–Crippen MR) is 70.8 cm³/mol. The second kappa shape index (κ2) is 5.35. The first-order valence-corrected chi connectivity index (χ1v) is 6.56. The normalized spacial score (nSPS) is 13.9. The monoisotopic (exact) mass is 287 g/mol. The Balaban J connectivity index is 1.58. The quantitative estimate of drug-likeness (QED) is 0.864. The number of pyridine rings is 1. The number of hydrogen-bond donors (Lipinski definition) is 2. The maximum atomic E-state index is 11.9. The molecule has 0 aliphatic heterocycles. The average Bonchev–Trinajstić information content (AvgIpc) is 3.22. The van der Waals surface area contributed by atoms with E-state index in [1.807, 2.05) is 0 Å². The summed E-state index contributed by atoms with van der Waals surface area (Å²) in [6.07, 6.45) is 3.58. The van der Waals surface area contributed by atoms with Crippen molar-refractivity contribution in [1.29, 1.82) is 0 Å². The van der Waals surface area contributed by atoms with Gasteiger partial charge in [-0.1, -0.05) is 11.2 Å². The molecule has 0 atom stereocenters. The van der Waals surface area contributed by atoms with Crippen LogP contribution >= 0.6 is 0 Å². The molecule has 0 radical (unpaired) electrons. The summed E-state index contributed by atoms with van der Waals surface area (Å²) in [4.78, 5) is 26.4. The van der Waals surface area contributed by atoms with Crippen LogP contribution in [0.2, 0.25) is 0 Å². The van der Waals surface area contributed by atoms with Crippen molar-refractivity contribution in [3.8, 4) is 0 Å². The molecule has 0 bridgehead atoms. The van der Waals surface area contributed by atoms with E-state index in [2.05, 4.69) is 15.5 Å². The van der Waals surface area contributed by atoms with E-state index in [0.717, 1.165) is 18.6 Å². The van der Waals surface area contributed by atoms with E-state index in [0.29, 0.717) is 11.5 Å². The topological polar surface area (TPSA) is 105 Å². The molecule has 21 heavy (non-hydrogen) atoms. The van der Waals surface area contributed by atoms with Gasteiger partial charge >= 0.3 is 5.97 Å². The zero-order chi connectivity index (χ0) is 14.8. The highest BCUT2D eigenvalue weighted by Crippen LogP contribution is 2.40. The fourth-order valence-electron chi connectivity index (χ4n) is 1.89. The predicted octanol–water partition coefficient (Wildman–Crippen LogP) is 1.58. The average molecular weight is 287 g/mol. The van der Waals surface area contributed by atoms with Crippen molar-refractivity contribution in [2.75, 3.05) is 0 Å². The van der Waals surface area contributed by atoms with Gasteiger partial charge in [0, 0.05) is 24.7 Å². The number of carbonyl (C=O) groups excluding carboxylic acids is 1. The van der Waals surface area contributed by atoms with Crippen LogP contribution in [0, 0.1) is 0 Å². The fraction of sp³-hybridized carbons (Fsp3) is 0.286. The Morgan fingerprint density at radius 3 is 2.76 bits per heavy atom. The lowest BCUT2D eigenvalue weighted by Crippen LogP contribution is -2.23. The third-order valence-corrected chi connectivity index (χ3v) is 3.24. The van der Waals surface area contributed by atoms with Crippen LogP contribution in [0.25, 0.3) is 0 Å². The van der Waals surface area contributed by atoms with Gasteiger partial charge in [0.05, 0.1) is 0 Å². The molecule has 0 saturated heterocycles. The number of aromatic nitrogens is 2. The summed E-state index contributed by atoms with van der Waals surface area (Å²) in [5.41, 5.74) is 0.932. The molecule has 108 valence electrons. The Kier molecular flexibility index (Phi) is 3.39. The smallest absolute Gasteiger partial charge is 0.354 e. The van der Waals surface area contributed by atoms with Crippen molar-refractivity contribution in [3.05, 3.63) is 47.1 Å². The molecule has 0 unspecified atom stereocenters. The van der Waals surface area contributed by atoms with Gasteiger partial charge < -0.3 is 14.9 Å². The van der Waals surface area contributed by atoms with E-state index in [4.69, 9.17) is 9.63 Å². The first-order valence-electron chi connectivity index (χ1n) is 6.56. The second-order valence-corrected chi connectivity index (χ2v) is 4.93. The molecule has 7 nitrogen and oxygen atoms in total. The Labute approximate surface area is 120 Å². The van der Waals surface area contributed by atoms with Crippen LogP contribution in [0.15, 0.2) is 28.9 Å². The number of carboxylic acids is 1. The first kappa shape index (κ1) is 13.3. The number of carboxylic acid groups (broad SMARTS) is 1. The van der Waals surface area contributed by atoms with Crippen LogP contribution in [0.3, 0.4) is 0 Å². The van der Waals surface area contributed by atoms with Crippen LogP contribution in [0.4, 0.5) is 0 Å². The van der Waals surface area contributed by atoms with E-state index in [-0.39, 0.29) is 23.8 Å². The summed E-state index contributed by atoms with van der Waals surface area (Å²) in [6.45, 7) is 0.247. The molecule has 1 saturated carbocycles. The van der Waals surface area contributed by atoms with Gasteiger partial charge in [0.1, 0.15) is 11.5 Å². The van der Waals surface area contributed by atoms with Crippen LogP contribution in [-0.4, -0.2) is 27.1 Å². The Bertz CT molecular complexity index is 674. The van der Waals surface area contributed by atoms with Crippen LogP contribution in [-0.2, 0) is 6.54 Å². The molecule has 2 aromatic heterocycles. The van der Waals surface area contributed by atoms with Crippen molar-refractivity contribution in [2.24, 2.45) is 0 Å². The van der Waals surface area contributed by atoms with Crippen molar-refractivity contribution in [1.82, 2.24) is 15.5 Å². The number of nitrogens with one attached hydrogen (secondary N) is 1. The molecule has 1 aliphatic carbocycles. The number of nitrogens with zero attached hydrogens (tertiary/aromatic N) is 2. The second-order valence-electron chi connectivity index (χ2n) is 4.93. The summed E-state index contributed by atoms with van der Waals surface area (Å²) >= 11 is 0. The van der Waals surface area contributed by atoms with Gasteiger partial charge in [0.25, 0.3) is 5.91 Å². The Morgan fingerprint density at radius 1 is 1.33 bits per heavy atom. The summed E-state index contributed by atoms with van der Waals surface area (Å²) in [5.74, 6) is -0.242. The molecular formula is C14H13N3O4. The van der Waals surface area contributed by atoms with Gasteiger partial charge in [-0.3, -0.25) is 4.79 Å².